The molecule has 1 N–H and O–H groups in total. The van der Waals surface area contributed by atoms with Crippen molar-refractivity contribution in [2.45, 2.75) is 18.6 Å². The van der Waals surface area contributed by atoms with Gasteiger partial charge < -0.3 is 14.4 Å². The first-order chi connectivity index (χ1) is 13.7. The van der Waals surface area contributed by atoms with Crippen molar-refractivity contribution in [3.63, 3.8) is 0 Å². The molecule has 6 nitrogen and oxygen atoms in total. The predicted octanol–water partition coefficient (Wildman–Crippen LogP) is 3.62. The molecule has 0 unspecified atom stereocenters. The molecule has 28 heavy (non-hydrogen) atoms. The SMILES string of the molecule is Fc1ccc(-c2[nH]nc(N3CCC4(CC3)OCCO4)c2-c2ccncc2)cc1. The first kappa shape index (κ1) is 17.3. The lowest BCUT2D eigenvalue weighted by Gasteiger charge is -2.38. The molecule has 3 aromatic rings. The van der Waals surface area contributed by atoms with Crippen LogP contribution in [0.25, 0.3) is 22.4 Å². The van der Waals surface area contributed by atoms with Crippen LogP contribution in [0.2, 0.25) is 0 Å². The largest absolute Gasteiger partial charge is 0.354 e. The van der Waals surface area contributed by atoms with Gasteiger partial charge in [0.05, 0.1) is 24.5 Å². The molecule has 0 atom stereocenters. The van der Waals surface area contributed by atoms with Crippen molar-refractivity contribution in [2.75, 3.05) is 31.2 Å². The van der Waals surface area contributed by atoms with Crippen LogP contribution in [0.4, 0.5) is 10.2 Å². The fourth-order valence-electron chi connectivity index (χ4n) is 4.02. The highest BCUT2D eigenvalue weighted by molar-refractivity contribution is 5.89. The number of aromatic amines is 1. The molecule has 0 amide bonds. The number of hydrogen-bond donors (Lipinski definition) is 1. The number of nitrogens with zero attached hydrogens (tertiary/aromatic N) is 3. The van der Waals surface area contributed by atoms with Gasteiger partial charge in [0, 0.05) is 43.9 Å². The molecule has 2 fully saturated rings. The van der Waals surface area contributed by atoms with E-state index in [1.54, 1.807) is 24.5 Å². The van der Waals surface area contributed by atoms with Gasteiger partial charge in [0.2, 0.25) is 0 Å². The third-order valence-corrected chi connectivity index (χ3v) is 5.49. The van der Waals surface area contributed by atoms with Gasteiger partial charge in [0.25, 0.3) is 0 Å². The zero-order chi connectivity index (χ0) is 19.0. The number of H-pyrrole nitrogens is 1. The van der Waals surface area contributed by atoms with Crippen LogP contribution in [0.5, 0.6) is 0 Å². The summed E-state index contributed by atoms with van der Waals surface area (Å²) in [7, 11) is 0. The molecule has 2 saturated heterocycles. The van der Waals surface area contributed by atoms with E-state index in [2.05, 4.69) is 20.1 Å². The summed E-state index contributed by atoms with van der Waals surface area (Å²) in [6, 6.07) is 10.4. The Bertz CT molecular complexity index is 942. The molecule has 0 bridgehead atoms. The lowest BCUT2D eigenvalue weighted by atomic mass is 9.99. The topological polar surface area (TPSA) is 63.3 Å². The van der Waals surface area contributed by atoms with E-state index in [-0.39, 0.29) is 5.82 Å². The molecular weight excluding hydrogens is 359 g/mol. The predicted molar refractivity (Wildman–Crippen MR) is 103 cm³/mol. The van der Waals surface area contributed by atoms with Gasteiger partial charge in [-0.2, -0.15) is 5.10 Å². The molecule has 0 aliphatic carbocycles. The van der Waals surface area contributed by atoms with Crippen molar-refractivity contribution in [3.05, 3.63) is 54.6 Å². The number of anilines is 1. The van der Waals surface area contributed by atoms with Gasteiger partial charge in [-0.15, -0.1) is 0 Å². The maximum atomic E-state index is 13.4. The van der Waals surface area contributed by atoms with Crippen LogP contribution < -0.4 is 4.90 Å². The molecule has 4 heterocycles. The van der Waals surface area contributed by atoms with Crippen LogP contribution in [-0.4, -0.2) is 47.3 Å². The Kier molecular flexibility index (Phi) is 4.33. The molecule has 2 aliphatic rings. The van der Waals surface area contributed by atoms with Gasteiger partial charge in [-0.05, 0) is 42.0 Å². The average Bonchev–Trinajstić information content (AvgIpc) is 3.38. The summed E-state index contributed by atoms with van der Waals surface area (Å²) in [5, 5.41) is 7.81. The normalized spacial score (nSPS) is 18.7. The van der Waals surface area contributed by atoms with Gasteiger partial charge in [0.1, 0.15) is 5.82 Å². The third kappa shape index (κ3) is 3.06. The highest BCUT2D eigenvalue weighted by atomic mass is 19.1. The van der Waals surface area contributed by atoms with Crippen LogP contribution in [-0.2, 0) is 9.47 Å². The number of halogens is 1. The van der Waals surface area contributed by atoms with Crippen molar-refractivity contribution in [3.8, 4) is 22.4 Å². The lowest BCUT2D eigenvalue weighted by Crippen LogP contribution is -2.45. The van der Waals surface area contributed by atoms with Gasteiger partial charge >= 0.3 is 0 Å². The smallest absolute Gasteiger partial charge is 0.171 e. The van der Waals surface area contributed by atoms with Crippen molar-refractivity contribution >= 4 is 5.82 Å². The van der Waals surface area contributed by atoms with E-state index >= 15 is 0 Å². The van der Waals surface area contributed by atoms with E-state index < -0.39 is 5.79 Å². The molecular formula is C21H21FN4O2. The average molecular weight is 380 g/mol. The maximum absolute atomic E-state index is 13.4. The first-order valence-electron chi connectivity index (χ1n) is 9.52. The monoisotopic (exact) mass is 380 g/mol. The Morgan fingerprint density at radius 1 is 0.929 bits per heavy atom. The standard InChI is InChI=1S/C21H21FN4O2/c22-17-3-1-16(2-4-17)19-18(15-5-9-23-10-6-15)20(25-24-19)26-11-7-21(8-12-26)27-13-14-28-21/h1-6,9-10H,7-8,11-14H2,(H,24,25). The summed E-state index contributed by atoms with van der Waals surface area (Å²) in [4.78, 5) is 6.39. The number of aromatic nitrogens is 3. The minimum Gasteiger partial charge on any atom is -0.354 e. The molecule has 2 aliphatic heterocycles. The Hall–Kier alpha value is -2.77. The third-order valence-electron chi connectivity index (χ3n) is 5.49. The number of hydrogen-bond acceptors (Lipinski definition) is 5. The summed E-state index contributed by atoms with van der Waals surface area (Å²) in [5.74, 6) is 0.203. The number of benzene rings is 1. The number of ether oxygens (including phenoxy) is 2. The Balaban J connectivity index is 1.52. The van der Waals surface area contributed by atoms with Crippen LogP contribution in [0.3, 0.4) is 0 Å². The van der Waals surface area contributed by atoms with Gasteiger partial charge in [-0.25, -0.2) is 4.39 Å². The Morgan fingerprint density at radius 2 is 1.61 bits per heavy atom. The molecule has 144 valence electrons. The van der Waals surface area contributed by atoms with Crippen LogP contribution in [0, 0.1) is 5.82 Å². The molecule has 1 spiro atoms. The zero-order valence-corrected chi connectivity index (χ0v) is 15.4. The second-order valence-electron chi connectivity index (χ2n) is 7.13. The Labute approximate surface area is 162 Å². The van der Waals surface area contributed by atoms with Crippen molar-refractivity contribution in [1.82, 2.24) is 15.2 Å². The van der Waals surface area contributed by atoms with E-state index in [0.717, 1.165) is 54.1 Å². The van der Waals surface area contributed by atoms with E-state index in [0.29, 0.717) is 13.2 Å². The zero-order valence-electron chi connectivity index (χ0n) is 15.4. The minimum absolute atomic E-state index is 0.258. The molecule has 2 aromatic heterocycles. The molecule has 7 heteroatoms. The number of pyridine rings is 1. The second kappa shape index (κ2) is 7.00. The highest BCUT2D eigenvalue weighted by Crippen LogP contribution is 2.40. The molecule has 0 radical (unpaired) electrons. The van der Waals surface area contributed by atoms with E-state index in [4.69, 9.17) is 9.47 Å². The second-order valence-corrected chi connectivity index (χ2v) is 7.13. The van der Waals surface area contributed by atoms with E-state index in [1.807, 2.05) is 12.1 Å². The highest BCUT2D eigenvalue weighted by Gasteiger charge is 2.40. The fraction of sp³-hybridized carbons (Fsp3) is 0.333. The van der Waals surface area contributed by atoms with E-state index in [9.17, 15) is 4.39 Å². The van der Waals surface area contributed by atoms with Gasteiger partial charge in [-0.3, -0.25) is 10.1 Å². The van der Waals surface area contributed by atoms with Crippen molar-refractivity contribution in [2.24, 2.45) is 0 Å². The summed E-state index contributed by atoms with van der Waals surface area (Å²) in [6.07, 6.45) is 5.15. The van der Waals surface area contributed by atoms with Crippen molar-refractivity contribution < 1.29 is 13.9 Å². The summed E-state index contributed by atoms with van der Waals surface area (Å²) >= 11 is 0. The first-order valence-corrected chi connectivity index (χ1v) is 9.52. The van der Waals surface area contributed by atoms with Gasteiger partial charge in [0.15, 0.2) is 11.6 Å². The maximum Gasteiger partial charge on any atom is 0.171 e. The van der Waals surface area contributed by atoms with Crippen LogP contribution in [0.15, 0.2) is 48.8 Å². The molecule has 0 saturated carbocycles. The summed E-state index contributed by atoms with van der Waals surface area (Å²) in [6.45, 7) is 2.93. The molecule has 1 aromatic carbocycles. The quantitative estimate of drug-likeness (QED) is 0.752. The minimum atomic E-state index is -0.427. The van der Waals surface area contributed by atoms with Gasteiger partial charge in [-0.1, -0.05) is 0 Å². The van der Waals surface area contributed by atoms with Crippen molar-refractivity contribution in [1.29, 1.82) is 0 Å². The Morgan fingerprint density at radius 3 is 2.29 bits per heavy atom. The van der Waals surface area contributed by atoms with Crippen LogP contribution >= 0.6 is 0 Å². The summed E-state index contributed by atoms with van der Waals surface area (Å²) < 4.78 is 25.1. The van der Waals surface area contributed by atoms with Crippen LogP contribution in [0.1, 0.15) is 12.8 Å². The molecule has 5 rings (SSSR count). The lowest BCUT2D eigenvalue weighted by molar-refractivity contribution is -0.169. The van der Waals surface area contributed by atoms with E-state index in [1.165, 1.54) is 12.1 Å². The number of nitrogens with one attached hydrogen (secondary N) is 1. The fourth-order valence-corrected chi connectivity index (χ4v) is 4.02. The number of piperidine rings is 1. The summed E-state index contributed by atoms with van der Waals surface area (Å²) in [5.41, 5.74) is 3.78. The number of rotatable bonds is 3.